The van der Waals surface area contributed by atoms with E-state index < -0.39 is 42.6 Å². The normalized spacial score (nSPS) is 20.6. The van der Waals surface area contributed by atoms with Crippen molar-refractivity contribution in [3.05, 3.63) is 48.0 Å². The van der Waals surface area contributed by atoms with Crippen molar-refractivity contribution in [3.63, 3.8) is 0 Å². The molecule has 7 rings (SSSR count). The molecule has 1 aliphatic heterocycles. The van der Waals surface area contributed by atoms with Crippen molar-refractivity contribution >= 4 is 57.9 Å². The van der Waals surface area contributed by atoms with Crippen molar-refractivity contribution in [2.45, 2.75) is 177 Å². The molecular formula is C45H63ClF4N6O6S2. The third-order valence-electron chi connectivity index (χ3n) is 12.1. The first kappa shape index (κ1) is 49.9. The Balaban J connectivity index is 0.000000228. The molecule has 64 heavy (non-hydrogen) atoms. The van der Waals surface area contributed by atoms with Gasteiger partial charge in [0.1, 0.15) is 17.2 Å². The highest BCUT2D eigenvalue weighted by atomic mass is 35.7. The third kappa shape index (κ3) is 12.1. The van der Waals surface area contributed by atoms with Gasteiger partial charge in [-0.3, -0.25) is 0 Å². The Kier molecular flexibility index (Phi) is 14.0. The zero-order valence-electron chi connectivity index (χ0n) is 38.3. The molecule has 2 saturated carbocycles. The number of hydrogen-bond donors (Lipinski definition) is 1. The molecule has 4 aromatic rings. The van der Waals surface area contributed by atoms with Crippen molar-refractivity contribution < 1.29 is 43.9 Å². The summed E-state index contributed by atoms with van der Waals surface area (Å²) in [7, 11) is -2.19. The first-order chi connectivity index (χ1) is 29.3. The molecule has 3 aliphatic rings. The number of carbonyl (C=O) groups is 1. The van der Waals surface area contributed by atoms with Crippen LogP contribution in [0.1, 0.15) is 132 Å². The molecular weight excluding hydrogens is 896 g/mol. The van der Waals surface area contributed by atoms with E-state index in [1.54, 1.807) is 45.0 Å². The van der Waals surface area contributed by atoms with Crippen LogP contribution in [0.5, 0.6) is 0 Å². The first-order valence-corrected chi connectivity index (χ1v) is 25.8. The molecule has 1 amide bonds. The largest absolute Gasteiger partial charge is 0.444 e. The number of alkyl carbamates (subject to hydrolysis) is 1. The summed E-state index contributed by atoms with van der Waals surface area (Å²) in [5.41, 5.74) is 1.51. The molecule has 19 heteroatoms. The average Bonchev–Trinajstić information content (AvgIpc) is 3.88. The lowest BCUT2D eigenvalue weighted by Gasteiger charge is -2.30. The van der Waals surface area contributed by atoms with Crippen LogP contribution in [0, 0.1) is 11.8 Å². The fourth-order valence-electron chi connectivity index (χ4n) is 8.82. The lowest BCUT2D eigenvalue weighted by molar-refractivity contribution is -0.0478. The number of ether oxygens (including phenoxy) is 1. The summed E-state index contributed by atoms with van der Waals surface area (Å²) < 4.78 is 115. The quantitative estimate of drug-likeness (QED) is 0.136. The Morgan fingerprint density at radius 1 is 0.719 bits per heavy atom. The highest BCUT2D eigenvalue weighted by molar-refractivity contribution is 8.13. The number of imidazole rings is 2. The summed E-state index contributed by atoms with van der Waals surface area (Å²) in [6.45, 7) is 19.1. The Morgan fingerprint density at radius 3 is 1.55 bits per heavy atom. The zero-order valence-corrected chi connectivity index (χ0v) is 40.7. The number of benzene rings is 2. The monoisotopic (exact) mass is 958 g/mol. The molecule has 0 unspecified atom stereocenters. The number of sulfonamides is 1. The smallest absolute Gasteiger partial charge is 0.407 e. The SMILES string of the molecule is CC(C)(C)OC(=O)N[C@H]1CCN(S(=O)(=O)c2ccc3c(c2)nc(C(C)(C)C)n3CC2CCC(F)(F)CC2)C1.CC(C)(C)c1nc2cc(S(=O)(=O)Cl)ccc2n1CC1CCC(F)(F)CC1. The summed E-state index contributed by atoms with van der Waals surface area (Å²) in [6.07, 6.45) is 1.43. The lowest BCUT2D eigenvalue weighted by Crippen LogP contribution is -2.41. The van der Waals surface area contributed by atoms with Gasteiger partial charge in [-0.2, -0.15) is 4.31 Å². The number of rotatable bonds is 8. The highest BCUT2D eigenvalue weighted by Gasteiger charge is 2.38. The fourth-order valence-corrected chi connectivity index (χ4v) is 11.1. The van der Waals surface area contributed by atoms with E-state index in [9.17, 15) is 39.2 Å². The van der Waals surface area contributed by atoms with Crippen LogP contribution in [-0.4, -0.2) is 82.9 Å². The van der Waals surface area contributed by atoms with E-state index >= 15 is 0 Å². The number of nitrogens with zero attached hydrogens (tertiary/aromatic N) is 5. The minimum atomic E-state index is -3.83. The Labute approximate surface area is 379 Å². The van der Waals surface area contributed by atoms with E-state index in [0.717, 1.165) is 22.7 Å². The standard InChI is InChI=1S/C27H40F2N4O4S.C18H23ClF2N2O2S/c1-25(2,3)23-31-21-15-20(7-8-22(21)33(23)16-18-9-12-27(28,29)13-10-18)38(35,36)32-14-11-19(17-32)30-24(34)37-26(4,5)6;1-17(2,3)16-22-14-10-13(26(19,24)25)4-5-15(14)23(16)11-12-6-8-18(20,21)9-7-12/h7-8,15,18-19H,9-14,16-17H2,1-6H3,(H,30,34);4-5,10,12H,6-9,11H2,1-3H3/t19-;/m0./s1. The van der Waals surface area contributed by atoms with Crippen LogP contribution in [0.15, 0.2) is 46.2 Å². The predicted octanol–water partition coefficient (Wildman–Crippen LogP) is 10.5. The van der Waals surface area contributed by atoms with E-state index in [1.807, 2.05) is 46.1 Å². The summed E-state index contributed by atoms with van der Waals surface area (Å²) in [5, 5.41) is 2.76. The van der Waals surface area contributed by atoms with Gasteiger partial charge in [0.15, 0.2) is 0 Å². The molecule has 1 N–H and O–H groups in total. The van der Waals surface area contributed by atoms with Gasteiger partial charge in [0.2, 0.25) is 21.9 Å². The van der Waals surface area contributed by atoms with Crippen molar-refractivity contribution in [1.29, 1.82) is 0 Å². The minimum absolute atomic E-state index is 0.00841. The van der Waals surface area contributed by atoms with Gasteiger partial charge in [0, 0.05) is 79.4 Å². The Hall–Kier alpha value is -3.48. The summed E-state index contributed by atoms with van der Waals surface area (Å²) in [5.74, 6) is -3.24. The van der Waals surface area contributed by atoms with E-state index in [4.69, 9.17) is 20.4 Å². The summed E-state index contributed by atoms with van der Waals surface area (Å²) in [6, 6.07) is 9.26. The maximum Gasteiger partial charge on any atom is 0.407 e. The number of aromatic nitrogens is 4. The van der Waals surface area contributed by atoms with Crippen molar-refractivity contribution in [3.8, 4) is 0 Å². The van der Waals surface area contributed by atoms with Gasteiger partial charge < -0.3 is 19.2 Å². The molecule has 1 saturated heterocycles. The van der Waals surface area contributed by atoms with Gasteiger partial charge in [-0.05, 0) is 101 Å². The molecule has 2 aromatic carbocycles. The van der Waals surface area contributed by atoms with E-state index in [-0.39, 0.29) is 77.3 Å². The van der Waals surface area contributed by atoms with Gasteiger partial charge in [0.25, 0.3) is 9.05 Å². The number of fused-ring (bicyclic) bond motifs is 2. The fraction of sp³-hybridized carbons (Fsp3) is 0.667. The second kappa shape index (κ2) is 18.0. The van der Waals surface area contributed by atoms with Crippen LogP contribution >= 0.6 is 10.7 Å². The zero-order chi connectivity index (χ0) is 47.4. The molecule has 1 atom stereocenters. The first-order valence-electron chi connectivity index (χ1n) is 22.0. The van der Waals surface area contributed by atoms with Crippen LogP contribution in [0.4, 0.5) is 22.4 Å². The van der Waals surface area contributed by atoms with Gasteiger partial charge in [0.05, 0.1) is 31.9 Å². The highest BCUT2D eigenvalue weighted by Crippen LogP contribution is 2.40. The van der Waals surface area contributed by atoms with E-state index in [2.05, 4.69) is 14.9 Å². The molecule has 3 heterocycles. The third-order valence-corrected chi connectivity index (χ3v) is 15.3. The summed E-state index contributed by atoms with van der Waals surface area (Å²) >= 11 is 0. The van der Waals surface area contributed by atoms with Crippen LogP contribution in [-0.2, 0) is 47.7 Å². The van der Waals surface area contributed by atoms with Crippen molar-refractivity contribution in [2.75, 3.05) is 13.1 Å². The number of carbonyl (C=O) groups excluding carboxylic acids is 1. The molecule has 2 aliphatic carbocycles. The lowest BCUT2D eigenvalue weighted by atomic mass is 9.86. The second-order valence-corrected chi connectivity index (χ2v) is 25.4. The number of nitrogens with one attached hydrogen (secondary N) is 1. The number of hydrogen-bond acceptors (Lipinski definition) is 8. The molecule has 0 bridgehead atoms. The second-order valence-electron chi connectivity index (χ2n) is 20.9. The number of amides is 1. The Bertz CT molecular complexity index is 2560. The minimum Gasteiger partial charge on any atom is -0.444 e. The van der Waals surface area contributed by atoms with Crippen LogP contribution < -0.4 is 5.32 Å². The van der Waals surface area contributed by atoms with Gasteiger partial charge in [-0.15, -0.1) is 0 Å². The molecule has 12 nitrogen and oxygen atoms in total. The average molecular weight is 960 g/mol. The van der Waals surface area contributed by atoms with Crippen LogP contribution in [0.25, 0.3) is 22.1 Å². The van der Waals surface area contributed by atoms with Crippen molar-refractivity contribution in [1.82, 2.24) is 28.7 Å². The van der Waals surface area contributed by atoms with Gasteiger partial charge in [-0.25, -0.2) is 49.2 Å². The van der Waals surface area contributed by atoms with Gasteiger partial charge in [-0.1, -0.05) is 41.5 Å². The maximum absolute atomic E-state index is 13.7. The molecule has 356 valence electrons. The van der Waals surface area contributed by atoms with Crippen molar-refractivity contribution in [2.24, 2.45) is 11.8 Å². The van der Waals surface area contributed by atoms with E-state index in [0.29, 0.717) is 56.2 Å². The Morgan fingerprint density at radius 2 is 1.14 bits per heavy atom. The number of alkyl halides is 4. The number of halogens is 5. The van der Waals surface area contributed by atoms with Crippen LogP contribution in [0.2, 0.25) is 0 Å². The maximum atomic E-state index is 13.7. The summed E-state index contributed by atoms with van der Waals surface area (Å²) in [4.78, 5) is 21.7. The predicted molar refractivity (Wildman–Crippen MR) is 240 cm³/mol. The molecule has 0 radical (unpaired) electrons. The van der Waals surface area contributed by atoms with E-state index in [1.165, 1.54) is 16.4 Å². The topological polar surface area (TPSA) is 145 Å². The molecule has 2 aromatic heterocycles. The van der Waals surface area contributed by atoms with Crippen LogP contribution in [0.3, 0.4) is 0 Å². The molecule has 3 fully saturated rings. The molecule has 0 spiro atoms. The van der Waals surface area contributed by atoms with Gasteiger partial charge >= 0.3 is 6.09 Å².